The summed E-state index contributed by atoms with van der Waals surface area (Å²) >= 11 is 0. The van der Waals surface area contributed by atoms with Crippen molar-refractivity contribution in [3.8, 4) is 0 Å². The van der Waals surface area contributed by atoms with Crippen LogP contribution in [0.3, 0.4) is 0 Å². The number of carbonyl (C=O) groups is 3. The summed E-state index contributed by atoms with van der Waals surface area (Å²) < 4.78 is 10.7. The van der Waals surface area contributed by atoms with Crippen molar-refractivity contribution < 1.29 is 29.0 Å². The highest BCUT2D eigenvalue weighted by Crippen LogP contribution is 2.12. The van der Waals surface area contributed by atoms with Crippen molar-refractivity contribution in [3.05, 3.63) is 0 Å². The van der Waals surface area contributed by atoms with Crippen LogP contribution in [0.25, 0.3) is 0 Å². The number of esters is 2. The van der Waals surface area contributed by atoms with E-state index in [0.717, 1.165) is 37.5 Å². The lowest BCUT2D eigenvalue weighted by molar-refractivity contribution is -0.144. The van der Waals surface area contributed by atoms with Gasteiger partial charge in [0.2, 0.25) is 0 Å². The van der Waals surface area contributed by atoms with Gasteiger partial charge in [-0.15, -0.1) is 0 Å². The summed E-state index contributed by atoms with van der Waals surface area (Å²) in [5.74, 6) is 0.0701. The molecule has 0 heterocycles. The molecule has 0 amide bonds. The molecule has 0 fully saturated rings. The summed E-state index contributed by atoms with van der Waals surface area (Å²) in [5.41, 5.74) is 0. The van der Waals surface area contributed by atoms with Gasteiger partial charge in [0.25, 0.3) is 0 Å². The van der Waals surface area contributed by atoms with Gasteiger partial charge in [-0.1, -0.05) is 91.9 Å². The molecule has 0 saturated carbocycles. The Morgan fingerprint density at radius 3 is 1.33 bits per heavy atom. The molecule has 0 spiro atoms. The van der Waals surface area contributed by atoms with Crippen LogP contribution in [0.5, 0.6) is 0 Å². The van der Waals surface area contributed by atoms with Crippen molar-refractivity contribution in [2.45, 2.75) is 124 Å². The van der Waals surface area contributed by atoms with Crippen LogP contribution in [0.4, 0.5) is 0 Å². The summed E-state index contributed by atoms with van der Waals surface area (Å²) in [5, 5.41) is 9.00. The van der Waals surface area contributed by atoms with E-state index in [1.807, 2.05) is 4.90 Å². The topological polar surface area (TPSA) is 93.1 Å². The number of rotatable bonds is 25. The second kappa shape index (κ2) is 23.7. The molecule has 0 aromatic carbocycles. The molecule has 212 valence electrons. The van der Waals surface area contributed by atoms with Crippen molar-refractivity contribution in [1.82, 2.24) is 4.90 Å². The smallest absolute Gasteiger partial charge is 0.307 e. The number of nitrogens with zero attached hydrogens (tertiary/aromatic N) is 1. The van der Waals surface area contributed by atoms with Gasteiger partial charge in [-0.25, -0.2) is 0 Å². The first-order chi connectivity index (χ1) is 17.2. The maximum Gasteiger partial charge on any atom is 0.307 e. The molecule has 0 radical (unpaired) electrons. The molecule has 7 nitrogen and oxygen atoms in total. The minimum atomic E-state index is -0.896. The molecular formula is C29H55NO6. The van der Waals surface area contributed by atoms with E-state index in [-0.39, 0.29) is 31.2 Å². The molecule has 0 aliphatic rings. The maximum absolute atomic E-state index is 12.1. The second-order valence-corrected chi connectivity index (χ2v) is 10.8. The van der Waals surface area contributed by atoms with Crippen LogP contribution < -0.4 is 0 Å². The molecule has 0 aromatic rings. The first-order valence-electron chi connectivity index (χ1n) is 14.5. The van der Waals surface area contributed by atoms with E-state index in [1.165, 1.54) is 51.4 Å². The third-order valence-corrected chi connectivity index (χ3v) is 6.28. The Hall–Kier alpha value is -1.63. The van der Waals surface area contributed by atoms with Gasteiger partial charge in [-0.2, -0.15) is 0 Å². The van der Waals surface area contributed by atoms with Gasteiger partial charge in [0.15, 0.2) is 0 Å². The van der Waals surface area contributed by atoms with Crippen LogP contribution in [0.1, 0.15) is 124 Å². The molecule has 0 atom stereocenters. The Bertz CT molecular complexity index is 524. The molecule has 1 N–H and O–H groups in total. The highest BCUT2D eigenvalue weighted by Gasteiger charge is 2.13. The molecule has 0 aromatic heterocycles. The fourth-order valence-corrected chi connectivity index (χ4v) is 3.97. The van der Waals surface area contributed by atoms with E-state index in [1.54, 1.807) is 0 Å². The van der Waals surface area contributed by atoms with E-state index < -0.39 is 5.97 Å². The van der Waals surface area contributed by atoms with Gasteiger partial charge >= 0.3 is 17.9 Å². The third-order valence-electron chi connectivity index (χ3n) is 6.28. The molecule has 0 saturated heterocycles. The zero-order valence-electron chi connectivity index (χ0n) is 23.7. The monoisotopic (exact) mass is 513 g/mol. The van der Waals surface area contributed by atoms with Crippen LogP contribution in [-0.2, 0) is 23.9 Å². The molecule has 0 bridgehead atoms. The lowest BCUT2D eigenvalue weighted by Gasteiger charge is -2.20. The molecule has 0 aliphatic heterocycles. The molecule has 0 rings (SSSR count). The normalized spacial score (nSPS) is 11.4. The third kappa shape index (κ3) is 25.5. The van der Waals surface area contributed by atoms with E-state index >= 15 is 0 Å². The van der Waals surface area contributed by atoms with Crippen molar-refractivity contribution in [3.63, 3.8) is 0 Å². The number of ether oxygens (including phenoxy) is 2. The number of carboxylic acids is 1. The SMILES string of the molecule is CC(C)CCCCCCCOC(=O)CCN(CCC(=O)O)CCC(=O)OCCCCCCCC(C)C. The van der Waals surface area contributed by atoms with Gasteiger partial charge in [-0.3, -0.25) is 14.4 Å². The Balaban J connectivity index is 3.97. The van der Waals surface area contributed by atoms with Crippen LogP contribution in [0, 0.1) is 11.8 Å². The number of hydrogen-bond acceptors (Lipinski definition) is 6. The number of hydrogen-bond donors (Lipinski definition) is 1. The number of carbonyl (C=O) groups excluding carboxylic acids is 2. The van der Waals surface area contributed by atoms with Crippen LogP contribution in [0.2, 0.25) is 0 Å². The summed E-state index contributed by atoms with van der Waals surface area (Å²) in [6.07, 6.45) is 14.1. The van der Waals surface area contributed by atoms with E-state index in [4.69, 9.17) is 14.6 Å². The summed E-state index contributed by atoms with van der Waals surface area (Å²) in [6.45, 7) is 10.9. The lowest BCUT2D eigenvalue weighted by atomic mass is 10.0. The fraction of sp³-hybridized carbons (Fsp3) is 0.897. The standard InChI is InChI=1S/C29H55NO6/c1-25(2)15-11-7-5-9-13-23-35-28(33)18-21-30(20-17-27(31)32)22-19-29(34)36-24-14-10-6-8-12-16-26(3)4/h25-26H,5-24H2,1-4H3,(H,31,32). The first kappa shape index (κ1) is 34.4. The Kier molecular flexibility index (Phi) is 22.7. The van der Waals surface area contributed by atoms with E-state index in [2.05, 4.69) is 27.7 Å². The predicted octanol–water partition coefficient (Wildman–Crippen LogP) is 6.62. The predicted molar refractivity (Wildman–Crippen MR) is 145 cm³/mol. The number of unbranched alkanes of at least 4 members (excludes halogenated alkanes) is 8. The average Bonchev–Trinajstić information content (AvgIpc) is 2.81. The van der Waals surface area contributed by atoms with Crippen LogP contribution >= 0.6 is 0 Å². The van der Waals surface area contributed by atoms with E-state index in [0.29, 0.717) is 32.8 Å². The number of aliphatic carboxylic acids is 1. The van der Waals surface area contributed by atoms with Gasteiger partial charge in [0, 0.05) is 19.6 Å². The Labute approximate surface area is 220 Å². The molecule has 0 aliphatic carbocycles. The van der Waals surface area contributed by atoms with Crippen molar-refractivity contribution in [2.75, 3.05) is 32.8 Å². The minimum Gasteiger partial charge on any atom is -0.481 e. The highest BCUT2D eigenvalue weighted by molar-refractivity contribution is 5.70. The summed E-state index contributed by atoms with van der Waals surface area (Å²) in [7, 11) is 0. The largest absolute Gasteiger partial charge is 0.481 e. The zero-order chi connectivity index (χ0) is 27.0. The Morgan fingerprint density at radius 2 is 0.944 bits per heavy atom. The van der Waals surface area contributed by atoms with Crippen LogP contribution in [0.15, 0.2) is 0 Å². The van der Waals surface area contributed by atoms with Crippen molar-refractivity contribution in [2.24, 2.45) is 11.8 Å². The molecule has 36 heavy (non-hydrogen) atoms. The van der Waals surface area contributed by atoms with Crippen molar-refractivity contribution >= 4 is 17.9 Å². The highest BCUT2D eigenvalue weighted by atomic mass is 16.5. The van der Waals surface area contributed by atoms with Gasteiger partial charge in [0.05, 0.1) is 32.5 Å². The van der Waals surface area contributed by atoms with Gasteiger partial charge < -0.3 is 19.5 Å². The van der Waals surface area contributed by atoms with Crippen molar-refractivity contribution in [1.29, 1.82) is 0 Å². The quantitative estimate of drug-likeness (QED) is 0.108. The maximum atomic E-state index is 12.1. The summed E-state index contributed by atoms with van der Waals surface area (Å²) in [6, 6.07) is 0. The van der Waals surface area contributed by atoms with E-state index in [9.17, 15) is 14.4 Å². The second-order valence-electron chi connectivity index (χ2n) is 10.8. The lowest BCUT2D eigenvalue weighted by Crippen LogP contribution is -2.31. The zero-order valence-corrected chi connectivity index (χ0v) is 23.7. The molecule has 7 heteroatoms. The number of carboxylic acid groups (broad SMARTS) is 1. The van der Waals surface area contributed by atoms with Gasteiger partial charge in [-0.05, 0) is 24.7 Å². The fourth-order valence-electron chi connectivity index (χ4n) is 3.97. The molecular weight excluding hydrogens is 458 g/mol. The summed E-state index contributed by atoms with van der Waals surface area (Å²) in [4.78, 5) is 37.0. The van der Waals surface area contributed by atoms with Gasteiger partial charge in [0.1, 0.15) is 0 Å². The average molecular weight is 514 g/mol. The first-order valence-corrected chi connectivity index (χ1v) is 14.5. The minimum absolute atomic E-state index is 0.0300. The molecule has 0 unspecified atom stereocenters. The van der Waals surface area contributed by atoms with Crippen LogP contribution in [-0.4, -0.2) is 60.8 Å². The Morgan fingerprint density at radius 1 is 0.583 bits per heavy atom.